The topological polar surface area (TPSA) is 104 Å². The van der Waals surface area contributed by atoms with Crippen LogP contribution < -0.4 is 11.0 Å². The van der Waals surface area contributed by atoms with E-state index in [1.54, 1.807) is 36.4 Å². The maximum atomic E-state index is 12.7. The Balaban J connectivity index is 1.49. The van der Waals surface area contributed by atoms with Gasteiger partial charge < -0.3 is 19.8 Å². The van der Waals surface area contributed by atoms with Crippen molar-refractivity contribution in [3.05, 3.63) is 82.8 Å². The van der Waals surface area contributed by atoms with Crippen LogP contribution in [0, 0.1) is 0 Å². The van der Waals surface area contributed by atoms with Crippen LogP contribution in [0.2, 0.25) is 0 Å². The molecule has 0 fully saturated rings. The lowest BCUT2D eigenvalue weighted by Gasteiger charge is -2.05. The molecule has 7 nitrogen and oxygen atoms in total. The number of carbonyl (C=O) groups excluding carboxylic acids is 1. The van der Waals surface area contributed by atoms with Gasteiger partial charge in [0.15, 0.2) is 5.76 Å². The molecule has 0 radical (unpaired) electrons. The van der Waals surface area contributed by atoms with Gasteiger partial charge in [-0.2, -0.15) is 0 Å². The molecule has 1 amide bonds. The van der Waals surface area contributed by atoms with Crippen LogP contribution in [0.25, 0.3) is 33.3 Å². The van der Waals surface area contributed by atoms with Crippen molar-refractivity contribution in [1.29, 1.82) is 0 Å². The number of fused-ring (bicyclic) bond motifs is 2. The number of amides is 1. The van der Waals surface area contributed by atoms with Gasteiger partial charge >= 0.3 is 5.69 Å². The Kier molecular flexibility index (Phi) is 3.58. The molecule has 2 heterocycles. The Labute approximate surface area is 158 Å². The number of H-pyrrole nitrogens is 2. The van der Waals surface area contributed by atoms with E-state index in [9.17, 15) is 9.59 Å². The summed E-state index contributed by atoms with van der Waals surface area (Å²) in [6, 6.07) is 20.0. The van der Waals surface area contributed by atoms with Gasteiger partial charge in [-0.25, -0.2) is 4.79 Å². The van der Waals surface area contributed by atoms with Gasteiger partial charge in [-0.1, -0.05) is 35.5 Å². The molecule has 3 N–H and O–H groups in total. The normalized spacial score (nSPS) is 11.1. The molecule has 0 unspecified atom stereocenters. The smallest absolute Gasteiger partial charge is 0.323 e. The third-order valence-corrected chi connectivity index (χ3v) is 4.55. The van der Waals surface area contributed by atoms with Crippen LogP contribution >= 0.6 is 0 Å². The number of hydrogen-bond donors (Lipinski definition) is 3. The van der Waals surface area contributed by atoms with Crippen molar-refractivity contribution < 1.29 is 9.32 Å². The van der Waals surface area contributed by atoms with E-state index >= 15 is 0 Å². The number of hydrogen-bond acceptors (Lipinski definition) is 4. The lowest BCUT2D eigenvalue weighted by Crippen LogP contribution is -2.11. The SMILES string of the molecule is O=C(Nc1ccc2[nH]c(=O)[nH]c2c1)c1ccc2noc(-c3ccccc3)c2c1. The molecule has 136 valence electrons. The van der Waals surface area contributed by atoms with E-state index in [2.05, 4.69) is 20.4 Å². The van der Waals surface area contributed by atoms with Gasteiger partial charge in [-0.05, 0) is 36.4 Å². The Morgan fingerprint density at radius 3 is 2.61 bits per heavy atom. The molecule has 0 atom stereocenters. The van der Waals surface area contributed by atoms with Crippen molar-refractivity contribution in [2.45, 2.75) is 0 Å². The molecular formula is C21H14N4O3. The second-order valence-electron chi connectivity index (χ2n) is 6.40. The standard InChI is InChI=1S/C21H14N4O3/c26-20(22-14-7-9-17-18(11-14)24-21(27)23-17)13-6-8-16-15(10-13)19(28-25-16)12-4-2-1-3-5-12/h1-11H,(H,22,26)(H2,23,24,27). The molecule has 0 aliphatic rings. The molecule has 3 aromatic carbocycles. The van der Waals surface area contributed by atoms with Crippen LogP contribution in [0.1, 0.15) is 10.4 Å². The molecule has 0 aliphatic carbocycles. The number of carbonyl (C=O) groups is 1. The highest BCUT2D eigenvalue weighted by atomic mass is 16.5. The molecule has 0 aliphatic heterocycles. The fourth-order valence-corrected chi connectivity index (χ4v) is 3.19. The van der Waals surface area contributed by atoms with E-state index in [0.717, 1.165) is 10.9 Å². The third kappa shape index (κ3) is 2.75. The summed E-state index contributed by atoms with van der Waals surface area (Å²) in [5, 5.41) is 7.69. The highest BCUT2D eigenvalue weighted by molar-refractivity contribution is 6.07. The van der Waals surface area contributed by atoms with Crippen LogP contribution in [-0.4, -0.2) is 21.0 Å². The number of aromatic amines is 2. The van der Waals surface area contributed by atoms with Crippen LogP contribution in [0.3, 0.4) is 0 Å². The summed E-state index contributed by atoms with van der Waals surface area (Å²) in [5.74, 6) is 0.357. The van der Waals surface area contributed by atoms with Gasteiger partial charge in [0.2, 0.25) is 0 Å². The molecule has 28 heavy (non-hydrogen) atoms. The Hall–Kier alpha value is -4.13. The first kappa shape index (κ1) is 16.1. The fraction of sp³-hybridized carbons (Fsp3) is 0. The Morgan fingerprint density at radius 1 is 0.929 bits per heavy atom. The maximum absolute atomic E-state index is 12.7. The predicted octanol–water partition coefficient (Wildman–Crippen LogP) is 3.92. The lowest BCUT2D eigenvalue weighted by atomic mass is 10.1. The molecule has 2 aromatic heterocycles. The van der Waals surface area contributed by atoms with Crippen molar-refractivity contribution in [2.75, 3.05) is 5.32 Å². The van der Waals surface area contributed by atoms with Gasteiger partial charge in [0.05, 0.1) is 16.4 Å². The lowest BCUT2D eigenvalue weighted by molar-refractivity contribution is 0.102. The quantitative estimate of drug-likeness (QED) is 0.448. The summed E-state index contributed by atoms with van der Waals surface area (Å²) in [4.78, 5) is 29.4. The van der Waals surface area contributed by atoms with E-state index < -0.39 is 0 Å². The predicted molar refractivity (Wildman–Crippen MR) is 106 cm³/mol. The first-order valence-electron chi connectivity index (χ1n) is 8.66. The molecular weight excluding hydrogens is 356 g/mol. The second-order valence-corrected chi connectivity index (χ2v) is 6.40. The zero-order valence-electron chi connectivity index (χ0n) is 14.5. The largest absolute Gasteiger partial charge is 0.355 e. The van der Waals surface area contributed by atoms with Gasteiger partial charge in [-0.15, -0.1) is 0 Å². The zero-order chi connectivity index (χ0) is 19.1. The van der Waals surface area contributed by atoms with Gasteiger partial charge in [0.1, 0.15) is 5.52 Å². The summed E-state index contributed by atoms with van der Waals surface area (Å²) < 4.78 is 5.49. The monoisotopic (exact) mass is 370 g/mol. The zero-order valence-corrected chi connectivity index (χ0v) is 14.5. The second kappa shape index (κ2) is 6.24. The summed E-state index contributed by atoms with van der Waals surface area (Å²) >= 11 is 0. The van der Waals surface area contributed by atoms with E-state index in [4.69, 9.17) is 4.52 Å². The molecule has 0 saturated carbocycles. The third-order valence-electron chi connectivity index (χ3n) is 4.55. The van der Waals surface area contributed by atoms with Crippen LogP contribution in [-0.2, 0) is 0 Å². The van der Waals surface area contributed by atoms with Crippen LogP contribution in [0.15, 0.2) is 76.0 Å². The van der Waals surface area contributed by atoms with Crippen LogP contribution in [0.4, 0.5) is 5.69 Å². The number of imidazole rings is 1. The minimum atomic E-state index is -0.287. The Morgan fingerprint density at radius 2 is 1.75 bits per heavy atom. The molecule has 5 rings (SSSR count). The first-order chi connectivity index (χ1) is 13.7. The molecule has 7 heteroatoms. The fourth-order valence-electron chi connectivity index (χ4n) is 3.19. The summed E-state index contributed by atoms with van der Waals surface area (Å²) in [6.45, 7) is 0. The van der Waals surface area contributed by atoms with E-state index in [-0.39, 0.29) is 11.6 Å². The van der Waals surface area contributed by atoms with Crippen molar-refractivity contribution in [2.24, 2.45) is 0 Å². The summed E-state index contributed by atoms with van der Waals surface area (Å²) in [6.07, 6.45) is 0. The van der Waals surface area contributed by atoms with E-state index in [0.29, 0.717) is 33.6 Å². The Bertz CT molecular complexity index is 1380. The summed E-state index contributed by atoms with van der Waals surface area (Å²) in [5.41, 5.74) is 3.66. The van der Waals surface area contributed by atoms with Crippen LogP contribution in [0.5, 0.6) is 0 Å². The highest BCUT2D eigenvalue weighted by Gasteiger charge is 2.14. The molecule has 0 spiro atoms. The van der Waals surface area contributed by atoms with Crippen molar-refractivity contribution in [1.82, 2.24) is 15.1 Å². The number of anilines is 1. The minimum Gasteiger partial charge on any atom is -0.355 e. The molecule has 0 saturated heterocycles. The molecule has 0 bridgehead atoms. The number of rotatable bonds is 3. The van der Waals surface area contributed by atoms with Crippen molar-refractivity contribution in [3.63, 3.8) is 0 Å². The van der Waals surface area contributed by atoms with E-state index in [1.165, 1.54) is 0 Å². The number of nitrogens with zero attached hydrogens (tertiary/aromatic N) is 1. The van der Waals surface area contributed by atoms with Gasteiger partial charge in [-0.3, -0.25) is 4.79 Å². The minimum absolute atomic E-state index is 0.264. The molecule has 5 aromatic rings. The number of benzene rings is 3. The highest BCUT2D eigenvalue weighted by Crippen LogP contribution is 2.29. The van der Waals surface area contributed by atoms with Gasteiger partial charge in [0.25, 0.3) is 5.91 Å². The first-order valence-corrected chi connectivity index (χ1v) is 8.66. The summed E-state index contributed by atoms with van der Waals surface area (Å²) in [7, 11) is 0. The van der Waals surface area contributed by atoms with Crippen molar-refractivity contribution >= 4 is 33.5 Å². The van der Waals surface area contributed by atoms with E-state index in [1.807, 2.05) is 30.3 Å². The maximum Gasteiger partial charge on any atom is 0.323 e. The van der Waals surface area contributed by atoms with Crippen molar-refractivity contribution in [3.8, 4) is 11.3 Å². The number of aromatic nitrogens is 3. The van der Waals surface area contributed by atoms with Gasteiger partial charge in [0, 0.05) is 16.8 Å². The average Bonchev–Trinajstić information content (AvgIpc) is 3.30. The number of nitrogens with one attached hydrogen (secondary N) is 3. The average molecular weight is 370 g/mol.